The molecule has 34 heavy (non-hydrogen) atoms. The van der Waals surface area contributed by atoms with Crippen molar-refractivity contribution in [1.82, 2.24) is 15.5 Å². The number of carbonyl (C=O) groups excluding carboxylic acids is 1. The van der Waals surface area contributed by atoms with Crippen molar-refractivity contribution in [2.75, 3.05) is 0 Å². The van der Waals surface area contributed by atoms with E-state index in [4.69, 9.17) is 20.8 Å². The first-order valence-electron chi connectivity index (χ1n) is 11.1. The largest absolute Gasteiger partial charge is 0.522 e. The van der Waals surface area contributed by atoms with Crippen LogP contribution in [0.4, 0.5) is 13.2 Å². The number of aliphatic hydroxyl groups excluding tert-OH is 1. The van der Waals surface area contributed by atoms with Crippen molar-refractivity contribution < 1.29 is 37.0 Å². The Morgan fingerprint density at radius 2 is 1.94 bits per heavy atom. The molecule has 2 heterocycles. The van der Waals surface area contributed by atoms with Crippen LogP contribution in [0.3, 0.4) is 0 Å². The van der Waals surface area contributed by atoms with E-state index < -0.39 is 24.7 Å². The Bertz CT molecular complexity index is 1130. The lowest BCUT2D eigenvalue weighted by molar-refractivity contribution is -0.352. The monoisotopic (exact) mass is 499 g/mol. The highest BCUT2D eigenvalue weighted by molar-refractivity contribution is 6.30. The van der Waals surface area contributed by atoms with Gasteiger partial charge in [-0.05, 0) is 50.3 Å². The van der Waals surface area contributed by atoms with Crippen LogP contribution in [0.25, 0.3) is 0 Å². The minimum absolute atomic E-state index is 0.133. The molecule has 4 fully saturated rings. The smallest absolute Gasteiger partial charge is 0.480 e. The van der Waals surface area contributed by atoms with E-state index in [1.807, 2.05) is 0 Å². The highest BCUT2D eigenvalue weighted by Crippen LogP contribution is 2.67. The molecule has 8 nitrogen and oxygen atoms in total. The molecular weight excluding hydrogens is 479 g/mol. The van der Waals surface area contributed by atoms with Crippen molar-refractivity contribution >= 4 is 17.5 Å². The lowest BCUT2D eigenvalue weighted by Gasteiger charge is -2.68. The van der Waals surface area contributed by atoms with Gasteiger partial charge in [-0.2, -0.15) is 0 Å². The van der Waals surface area contributed by atoms with Gasteiger partial charge in [-0.1, -0.05) is 11.6 Å². The van der Waals surface area contributed by atoms with Crippen LogP contribution in [0.5, 0.6) is 5.75 Å². The van der Waals surface area contributed by atoms with E-state index in [0.29, 0.717) is 47.4 Å². The number of aromatic nitrogens is 2. The number of carbonyl (C=O) groups is 1. The topological polar surface area (TPSA) is 107 Å². The van der Waals surface area contributed by atoms with Crippen molar-refractivity contribution in [2.45, 2.75) is 80.1 Å². The third kappa shape index (κ3) is 3.64. The van der Waals surface area contributed by atoms with Gasteiger partial charge in [-0.15, -0.1) is 23.4 Å². The molecule has 12 heteroatoms. The summed E-state index contributed by atoms with van der Waals surface area (Å²) in [6.07, 6.45) is -4.74. The van der Waals surface area contributed by atoms with Crippen LogP contribution in [-0.2, 0) is 14.9 Å². The van der Waals surface area contributed by atoms with Crippen LogP contribution in [-0.4, -0.2) is 45.3 Å². The van der Waals surface area contributed by atoms with Crippen molar-refractivity contribution in [3.63, 3.8) is 0 Å². The van der Waals surface area contributed by atoms with E-state index in [1.54, 1.807) is 18.2 Å². The number of nitrogens with zero attached hydrogens (tertiary/aromatic N) is 2. The fraction of sp³-hybridized carbons (Fsp3) is 0.591. The number of nitrogens with one attached hydrogen (secondary N) is 1. The summed E-state index contributed by atoms with van der Waals surface area (Å²) in [4.78, 5) is 12.8. The minimum atomic E-state index is -4.64. The Kier molecular flexibility index (Phi) is 4.76. The lowest BCUT2D eigenvalue weighted by Crippen LogP contribution is -2.77. The van der Waals surface area contributed by atoms with Gasteiger partial charge < -0.3 is 19.6 Å². The molecule has 5 aliphatic rings. The van der Waals surface area contributed by atoms with Gasteiger partial charge >= 0.3 is 6.36 Å². The zero-order valence-corrected chi connectivity index (χ0v) is 18.5. The number of alkyl halides is 3. The zero-order valence-electron chi connectivity index (χ0n) is 17.8. The van der Waals surface area contributed by atoms with Crippen LogP contribution < -0.4 is 10.1 Å². The van der Waals surface area contributed by atoms with Crippen LogP contribution in [0.1, 0.15) is 67.9 Å². The Labute approximate surface area is 196 Å². The number of rotatable bonds is 5. The Hall–Kier alpha value is -2.37. The molecule has 1 aromatic heterocycles. The highest BCUT2D eigenvalue weighted by atomic mass is 35.5. The molecule has 7 rings (SSSR count). The molecule has 0 radical (unpaired) electrons. The predicted octanol–water partition coefficient (Wildman–Crippen LogP) is 3.68. The quantitative estimate of drug-likeness (QED) is 0.646. The number of fused-ring (bicyclic) bond motifs is 1. The van der Waals surface area contributed by atoms with E-state index in [-0.39, 0.29) is 42.0 Å². The zero-order chi connectivity index (χ0) is 23.9. The first-order valence-corrected chi connectivity index (χ1v) is 11.5. The number of hydrogen-bond acceptors (Lipinski definition) is 7. The highest BCUT2D eigenvalue weighted by Gasteiger charge is 2.72. The van der Waals surface area contributed by atoms with Crippen molar-refractivity contribution in [2.24, 2.45) is 0 Å². The van der Waals surface area contributed by atoms with Gasteiger partial charge in [0, 0.05) is 28.5 Å². The summed E-state index contributed by atoms with van der Waals surface area (Å²) < 4.78 is 52.5. The summed E-state index contributed by atoms with van der Waals surface area (Å²) >= 11 is 5.97. The third-order valence-corrected chi connectivity index (χ3v) is 7.62. The standard InChI is InChI=1S/C22H21ClF3N3O5/c23-11-1-2-15-13(5-11)14(30)6-16(32-15)17(31)27-21-7-20(8-21,9-21)19-29-28-18(33-19)10-3-12(4-10)34-22(24,25)26/h1-2,5,10,12,14,16,30H,3-4,6-9H2,(H,27,31)/t10-,12+,14-,16-,20?,21?/m1/s1. The number of halogens is 4. The van der Waals surface area contributed by atoms with Gasteiger partial charge in [0.05, 0.1) is 17.6 Å². The van der Waals surface area contributed by atoms with Crippen molar-refractivity contribution in [3.8, 4) is 5.75 Å². The first kappa shape index (κ1) is 22.1. The molecular formula is C22H21ClF3N3O5. The summed E-state index contributed by atoms with van der Waals surface area (Å²) in [6, 6.07) is 4.92. The molecule has 4 aliphatic carbocycles. The second kappa shape index (κ2) is 7.32. The van der Waals surface area contributed by atoms with E-state index in [1.165, 1.54) is 0 Å². The predicted molar refractivity (Wildman–Crippen MR) is 109 cm³/mol. The van der Waals surface area contributed by atoms with Gasteiger partial charge in [0.1, 0.15) is 5.75 Å². The third-order valence-electron chi connectivity index (χ3n) is 7.39. The van der Waals surface area contributed by atoms with E-state index >= 15 is 0 Å². The Morgan fingerprint density at radius 3 is 2.65 bits per heavy atom. The average molecular weight is 500 g/mol. The maximum Gasteiger partial charge on any atom is 0.522 e. The molecule has 182 valence electrons. The van der Waals surface area contributed by atoms with E-state index in [0.717, 1.165) is 0 Å². The molecule has 2 atom stereocenters. The van der Waals surface area contributed by atoms with E-state index in [9.17, 15) is 23.1 Å². The van der Waals surface area contributed by atoms with Crippen LogP contribution in [0.2, 0.25) is 5.02 Å². The summed E-state index contributed by atoms with van der Waals surface area (Å²) in [5, 5.41) is 22.1. The summed E-state index contributed by atoms with van der Waals surface area (Å²) in [7, 11) is 0. The van der Waals surface area contributed by atoms with Gasteiger partial charge in [0.25, 0.3) is 5.91 Å². The van der Waals surface area contributed by atoms with Gasteiger partial charge in [0.15, 0.2) is 6.10 Å². The number of hydrogen-bond donors (Lipinski definition) is 2. The normalized spacial score (nSPS) is 35.8. The number of benzene rings is 1. The molecule has 0 saturated heterocycles. The second-order valence-corrected chi connectivity index (χ2v) is 10.4. The van der Waals surface area contributed by atoms with Crippen molar-refractivity contribution in [1.29, 1.82) is 0 Å². The molecule has 4 saturated carbocycles. The van der Waals surface area contributed by atoms with Gasteiger partial charge in [0.2, 0.25) is 11.8 Å². The van der Waals surface area contributed by atoms with Gasteiger partial charge in [-0.3, -0.25) is 9.53 Å². The molecule has 2 bridgehead atoms. The number of ether oxygens (including phenoxy) is 2. The fourth-order valence-electron chi connectivity index (χ4n) is 5.73. The summed E-state index contributed by atoms with van der Waals surface area (Å²) in [6.45, 7) is 0. The molecule has 2 N–H and O–H groups in total. The maximum absolute atomic E-state index is 12.8. The molecule has 1 amide bonds. The first-order chi connectivity index (χ1) is 16.0. The lowest BCUT2D eigenvalue weighted by atomic mass is 9.39. The SMILES string of the molecule is O=C(NC12CC(c3nnc([C@H]4C[C@@H](OC(F)(F)F)C4)o3)(C1)C2)[C@H]1C[C@@H](O)c2cc(Cl)ccc2O1. The minimum Gasteiger partial charge on any atom is -0.480 e. The van der Waals surface area contributed by atoms with Crippen LogP contribution in [0, 0.1) is 0 Å². The summed E-state index contributed by atoms with van der Waals surface area (Å²) in [5.74, 6) is 0.721. The average Bonchev–Trinajstić information content (AvgIpc) is 3.14. The Morgan fingerprint density at radius 1 is 1.21 bits per heavy atom. The van der Waals surface area contributed by atoms with Gasteiger partial charge in [-0.25, -0.2) is 0 Å². The number of amides is 1. The number of aliphatic hydroxyl groups is 1. The molecule has 0 spiro atoms. The van der Waals surface area contributed by atoms with Crippen LogP contribution >= 0.6 is 11.6 Å². The van der Waals surface area contributed by atoms with Crippen molar-refractivity contribution in [3.05, 3.63) is 40.6 Å². The second-order valence-electron chi connectivity index (χ2n) is 9.92. The summed E-state index contributed by atoms with van der Waals surface area (Å²) in [5.41, 5.74) is -0.112. The molecule has 2 aromatic rings. The molecule has 1 aliphatic heterocycles. The molecule has 0 unspecified atom stereocenters. The molecule has 1 aromatic carbocycles. The Balaban J connectivity index is 1.03. The van der Waals surface area contributed by atoms with E-state index in [2.05, 4.69) is 20.3 Å². The van der Waals surface area contributed by atoms with Crippen LogP contribution in [0.15, 0.2) is 22.6 Å². The fourth-order valence-corrected chi connectivity index (χ4v) is 5.91. The maximum atomic E-state index is 12.8.